The van der Waals surface area contributed by atoms with Crippen LogP contribution in [0.2, 0.25) is 5.02 Å². The van der Waals surface area contributed by atoms with Gasteiger partial charge in [0.15, 0.2) is 6.61 Å². The molecule has 0 radical (unpaired) electrons. The Balaban J connectivity index is 1.62. The second kappa shape index (κ2) is 13.3. The average molecular weight is 519 g/mol. The van der Waals surface area contributed by atoms with Crippen molar-refractivity contribution in [1.82, 2.24) is 10.2 Å². The monoisotopic (exact) mass is 518 g/mol. The Kier molecular flexibility index (Phi) is 9.61. The second-order valence-electron chi connectivity index (χ2n) is 9.78. The molecule has 0 saturated heterocycles. The summed E-state index contributed by atoms with van der Waals surface area (Å²) < 4.78 is 5.82. The van der Waals surface area contributed by atoms with E-state index in [1.807, 2.05) is 73.7 Å². The summed E-state index contributed by atoms with van der Waals surface area (Å²) in [5.74, 6) is 0.0648. The van der Waals surface area contributed by atoms with Crippen LogP contribution in [0.5, 0.6) is 5.75 Å². The number of carbonyl (C=O) groups excluding carboxylic acids is 2. The maximum absolute atomic E-state index is 13.8. The number of aryl methyl sites for hydroxylation is 1. The molecule has 5 nitrogen and oxygen atoms in total. The van der Waals surface area contributed by atoms with Crippen molar-refractivity contribution < 1.29 is 14.3 Å². The maximum Gasteiger partial charge on any atom is 0.261 e. The molecule has 1 N–H and O–H groups in total. The Hall–Kier alpha value is -3.31. The number of halogens is 1. The van der Waals surface area contributed by atoms with E-state index in [-0.39, 0.29) is 24.5 Å². The predicted molar refractivity (Wildman–Crippen MR) is 148 cm³/mol. The van der Waals surface area contributed by atoms with E-state index in [9.17, 15) is 9.59 Å². The number of carbonyl (C=O) groups is 2. The Labute approximate surface area is 224 Å². The average Bonchev–Trinajstić information content (AvgIpc) is 2.91. The molecule has 1 fully saturated rings. The summed E-state index contributed by atoms with van der Waals surface area (Å²) in [6, 6.07) is 24.4. The third-order valence-electron chi connectivity index (χ3n) is 6.85. The van der Waals surface area contributed by atoms with Crippen LogP contribution in [0.1, 0.15) is 48.8 Å². The van der Waals surface area contributed by atoms with Crippen molar-refractivity contribution in [3.63, 3.8) is 0 Å². The van der Waals surface area contributed by atoms with Gasteiger partial charge in [-0.1, -0.05) is 103 Å². The Morgan fingerprint density at radius 3 is 2.38 bits per heavy atom. The number of para-hydroxylation sites is 1. The van der Waals surface area contributed by atoms with Gasteiger partial charge in [-0.25, -0.2) is 0 Å². The summed E-state index contributed by atoms with van der Waals surface area (Å²) in [7, 11) is 0. The summed E-state index contributed by atoms with van der Waals surface area (Å²) in [6.45, 7) is 2.12. The van der Waals surface area contributed by atoms with Gasteiger partial charge in [0.1, 0.15) is 11.8 Å². The minimum absolute atomic E-state index is 0.116. The van der Waals surface area contributed by atoms with Gasteiger partial charge in [0, 0.05) is 19.0 Å². The molecule has 6 heteroatoms. The lowest BCUT2D eigenvalue weighted by Gasteiger charge is -2.33. The first-order valence-corrected chi connectivity index (χ1v) is 13.4. The molecule has 194 valence electrons. The molecule has 0 aliphatic heterocycles. The number of nitrogens with zero attached hydrogens (tertiary/aromatic N) is 1. The van der Waals surface area contributed by atoms with Gasteiger partial charge in [-0.05, 0) is 43.0 Å². The normalized spacial score (nSPS) is 14.5. The van der Waals surface area contributed by atoms with Gasteiger partial charge in [-0.15, -0.1) is 0 Å². The number of ether oxygens (including phenoxy) is 1. The van der Waals surface area contributed by atoms with E-state index in [1.165, 1.54) is 6.42 Å². The molecule has 0 bridgehead atoms. The molecular weight excluding hydrogens is 484 g/mol. The number of amides is 2. The van der Waals surface area contributed by atoms with Gasteiger partial charge in [-0.3, -0.25) is 9.59 Å². The van der Waals surface area contributed by atoms with E-state index < -0.39 is 6.04 Å². The topological polar surface area (TPSA) is 58.6 Å². The molecule has 1 atom stereocenters. The van der Waals surface area contributed by atoms with Gasteiger partial charge in [0.2, 0.25) is 5.91 Å². The van der Waals surface area contributed by atoms with E-state index in [0.29, 0.717) is 23.7 Å². The highest BCUT2D eigenvalue weighted by Crippen LogP contribution is 2.24. The second-order valence-corrected chi connectivity index (χ2v) is 10.2. The fourth-order valence-corrected chi connectivity index (χ4v) is 5.08. The van der Waals surface area contributed by atoms with Gasteiger partial charge < -0.3 is 15.0 Å². The largest absolute Gasteiger partial charge is 0.482 e. The number of hydrogen-bond acceptors (Lipinski definition) is 3. The fraction of sp³-hybridized carbons (Fsp3) is 0.355. The molecule has 4 rings (SSSR count). The number of hydrogen-bond donors (Lipinski definition) is 1. The molecule has 0 unspecified atom stereocenters. The molecule has 0 spiro atoms. The summed E-state index contributed by atoms with van der Waals surface area (Å²) in [6.07, 6.45) is 5.81. The van der Waals surface area contributed by atoms with Crippen LogP contribution in [0.3, 0.4) is 0 Å². The quantitative estimate of drug-likeness (QED) is 0.352. The van der Waals surface area contributed by atoms with Gasteiger partial charge in [-0.2, -0.15) is 0 Å². The highest BCUT2D eigenvalue weighted by Gasteiger charge is 2.32. The summed E-state index contributed by atoms with van der Waals surface area (Å²) in [4.78, 5) is 29.2. The summed E-state index contributed by atoms with van der Waals surface area (Å²) in [5, 5.41) is 3.70. The van der Waals surface area contributed by atoms with Crippen LogP contribution in [-0.4, -0.2) is 35.4 Å². The zero-order valence-electron chi connectivity index (χ0n) is 21.4. The highest BCUT2D eigenvalue weighted by molar-refractivity contribution is 6.32. The number of benzene rings is 3. The van der Waals surface area contributed by atoms with Crippen molar-refractivity contribution >= 4 is 23.4 Å². The predicted octanol–water partition coefficient (Wildman–Crippen LogP) is 6.12. The van der Waals surface area contributed by atoms with Gasteiger partial charge in [0.25, 0.3) is 5.91 Å². The van der Waals surface area contributed by atoms with Crippen LogP contribution in [0, 0.1) is 6.92 Å². The molecule has 0 heterocycles. The van der Waals surface area contributed by atoms with Crippen LogP contribution in [-0.2, 0) is 22.6 Å². The van der Waals surface area contributed by atoms with E-state index in [2.05, 4.69) is 5.32 Å². The molecule has 37 heavy (non-hydrogen) atoms. The van der Waals surface area contributed by atoms with Gasteiger partial charge in [0.05, 0.1) is 5.02 Å². The third-order valence-corrected chi connectivity index (χ3v) is 7.16. The Morgan fingerprint density at radius 1 is 0.946 bits per heavy atom. The minimum Gasteiger partial charge on any atom is -0.482 e. The van der Waals surface area contributed by atoms with Crippen LogP contribution in [0.25, 0.3) is 0 Å². The molecule has 1 saturated carbocycles. The first kappa shape index (κ1) is 26.7. The van der Waals surface area contributed by atoms with E-state index in [4.69, 9.17) is 16.3 Å². The van der Waals surface area contributed by atoms with Crippen LogP contribution >= 0.6 is 11.6 Å². The maximum atomic E-state index is 13.8. The third kappa shape index (κ3) is 7.83. The number of rotatable bonds is 10. The highest BCUT2D eigenvalue weighted by atomic mass is 35.5. The van der Waals surface area contributed by atoms with Crippen molar-refractivity contribution in [3.8, 4) is 5.75 Å². The number of nitrogens with one attached hydrogen (secondary N) is 1. The minimum atomic E-state index is -0.674. The van der Waals surface area contributed by atoms with Crippen molar-refractivity contribution in [3.05, 3.63) is 101 Å². The molecular formula is C31H35ClN2O3. The van der Waals surface area contributed by atoms with Crippen molar-refractivity contribution in [2.45, 2.75) is 64.1 Å². The smallest absolute Gasteiger partial charge is 0.261 e. The summed E-state index contributed by atoms with van der Waals surface area (Å²) >= 11 is 6.25. The lowest BCUT2D eigenvalue weighted by Crippen LogP contribution is -2.53. The van der Waals surface area contributed by atoms with Crippen LogP contribution in [0.15, 0.2) is 78.9 Å². The first-order chi connectivity index (χ1) is 18.0. The van der Waals surface area contributed by atoms with Crippen LogP contribution < -0.4 is 10.1 Å². The van der Waals surface area contributed by atoms with E-state index in [1.54, 1.807) is 17.0 Å². The van der Waals surface area contributed by atoms with E-state index in [0.717, 1.165) is 42.4 Å². The lowest BCUT2D eigenvalue weighted by atomic mass is 9.94. The standard InChI is InChI=1S/C31H35ClN2O3/c1-23-11-10-14-25(19-23)21-34(30(35)22-37-29-18-9-8-17-27(29)32)28(20-24-12-4-2-5-13-24)31(36)33-26-15-6-3-7-16-26/h2,4-5,8-14,17-19,26,28H,3,6-7,15-16,20-22H2,1H3,(H,33,36)/t28-/m1/s1. The van der Waals surface area contributed by atoms with Crippen molar-refractivity contribution in [2.75, 3.05) is 6.61 Å². The summed E-state index contributed by atoms with van der Waals surface area (Å²) in [5.41, 5.74) is 3.07. The van der Waals surface area contributed by atoms with Crippen molar-refractivity contribution in [2.24, 2.45) is 0 Å². The SMILES string of the molecule is Cc1cccc(CN(C(=O)COc2ccccc2Cl)[C@H](Cc2ccccc2)C(=O)NC2CCCCC2)c1. The van der Waals surface area contributed by atoms with Crippen molar-refractivity contribution in [1.29, 1.82) is 0 Å². The lowest BCUT2D eigenvalue weighted by molar-refractivity contribution is -0.143. The Bertz CT molecular complexity index is 1180. The zero-order chi connectivity index (χ0) is 26.0. The Morgan fingerprint density at radius 2 is 1.65 bits per heavy atom. The molecule has 0 aromatic heterocycles. The molecule has 1 aliphatic carbocycles. The zero-order valence-corrected chi connectivity index (χ0v) is 22.1. The molecule has 3 aromatic rings. The molecule has 3 aromatic carbocycles. The van der Waals surface area contributed by atoms with Crippen LogP contribution in [0.4, 0.5) is 0 Å². The van der Waals surface area contributed by atoms with E-state index >= 15 is 0 Å². The van der Waals surface area contributed by atoms with Gasteiger partial charge >= 0.3 is 0 Å². The molecule has 2 amide bonds. The molecule has 1 aliphatic rings. The fourth-order valence-electron chi connectivity index (χ4n) is 4.89. The first-order valence-electron chi connectivity index (χ1n) is 13.1.